The van der Waals surface area contributed by atoms with Gasteiger partial charge in [0.1, 0.15) is 0 Å². The molecule has 0 aromatic rings. The van der Waals surface area contributed by atoms with E-state index in [9.17, 15) is 8.42 Å². The van der Waals surface area contributed by atoms with Gasteiger partial charge in [0.05, 0.1) is 24.2 Å². The number of hydrogen-bond acceptors (Lipinski definition) is 4. The number of hydrogen-bond donors (Lipinski definition) is 1. The first-order valence-electron chi connectivity index (χ1n) is 4.67. The second kappa shape index (κ2) is 4.93. The molecular formula is C8H17NO3S. The summed E-state index contributed by atoms with van der Waals surface area (Å²) >= 11 is 0. The lowest BCUT2D eigenvalue weighted by Gasteiger charge is -2.09. The third kappa shape index (κ3) is 4.06. The molecule has 78 valence electrons. The number of ether oxygens (including phenoxy) is 1. The Kier molecular flexibility index (Phi) is 4.15. The molecule has 5 heteroatoms. The fourth-order valence-corrected chi connectivity index (χ4v) is 2.98. The quantitative estimate of drug-likeness (QED) is 0.634. The molecule has 0 aromatic heterocycles. The third-order valence-corrected chi connectivity index (χ3v) is 3.81. The summed E-state index contributed by atoms with van der Waals surface area (Å²) in [4.78, 5) is 0. The zero-order valence-electron chi connectivity index (χ0n) is 7.95. The largest absolute Gasteiger partial charge is 0.376 e. The van der Waals surface area contributed by atoms with E-state index in [2.05, 4.69) is 5.32 Å². The Bertz CT molecular complexity index is 238. The van der Waals surface area contributed by atoms with E-state index in [0.29, 0.717) is 18.8 Å². The average Bonchev–Trinajstić information content (AvgIpc) is 2.40. The monoisotopic (exact) mass is 207 g/mol. The molecule has 1 rings (SSSR count). The van der Waals surface area contributed by atoms with Crippen molar-refractivity contribution in [3.8, 4) is 0 Å². The minimum absolute atomic E-state index is 0.0661. The normalized spacial score (nSPS) is 26.4. The molecule has 1 unspecified atom stereocenters. The SMILES string of the molecule is CCNCCOC1CCS(=O)(=O)C1. The third-order valence-electron chi connectivity index (χ3n) is 2.07. The minimum Gasteiger partial charge on any atom is -0.376 e. The first-order chi connectivity index (χ1) is 6.14. The lowest BCUT2D eigenvalue weighted by molar-refractivity contribution is 0.0732. The van der Waals surface area contributed by atoms with Crippen molar-refractivity contribution in [1.82, 2.24) is 5.32 Å². The Balaban J connectivity index is 2.11. The molecule has 1 fully saturated rings. The zero-order chi connectivity index (χ0) is 9.73. The molecule has 0 saturated carbocycles. The zero-order valence-corrected chi connectivity index (χ0v) is 8.77. The standard InChI is InChI=1S/C8H17NO3S/c1-2-9-4-5-12-8-3-6-13(10,11)7-8/h8-9H,2-7H2,1H3. The number of rotatable bonds is 5. The van der Waals surface area contributed by atoms with Gasteiger partial charge in [-0.25, -0.2) is 8.42 Å². The van der Waals surface area contributed by atoms with Crippen LogP contribution in [0.3, 0.4) is 0 Å². The highest BCUT2D eigenvalue weighted by molar-refractivity contribution is 7.91. The number of sulfone groups is 1. The number of likely N-dealkylation sites (N-methyl/N-ethyl adjacent to an activating group) is 1. The maximum atomic E-state index is 11.0. The van der Waals surface area contributed by atoms with Gasteiger partial charge in [0.25, 0.3) is 0 Å². The lowest BCUT2D eigenvalue weighted by Crippen LogP contribution is -2.23. The second-order valence-electron chi connectivity index (χ2n) is 3.25. The van der Waals surface area contributed by atoms with Gasteiger partial charge in [-0.05, 0) is 13.0 Å². The van der Waals surface area contributed by atoms with E-state index in [1.807, 2.05) is 6.92 Å². The van der Waals surface area contributed by atoms with Crippen molar-refractivity contribution in [2.45, 2.75) is 19.4 Å². The van der Waals surface area contributed by atoms with Gasteiger partial charge in [-0.3, -0.25) is 0 Å². The fourth-order valence-electron chi connectivity index (χ4n) is 1.37. The van der Waals surface area contributed by atoms with Gasteiger partial charge in [-0.15, -0.1) is 0 Å². The van der Waals surface area contributed by atoms with Crippen LogP contribution in [-0.4, -0.2) is 45.7 Å². The molecule has 1 aliphatic rings. The van der Waals surface area contributed by atoms with Crippen molar-refractivity contribution >= 4 is 9.84 Å². The van der Waals surface area contributed by atoms with Crippen LogP contribution in [-0.2, 0) is 14.6 Å². The topological polar surface area (TPSA) is 55.4 Å². The van der Waals surface area contributed by atoms with Crippen molar-refractivity contribution in [1.29, 1.82) is 0 Å². The van der Waals surface area contributed by atoms with Crippen LogP contribution in [0.5, 0.6) is 0 Å². The van der Waals surface area contributed by atoms with Crippen LogP contribution in [0, 0.1) is 0 Å². The average molecular weight is 207 g/mol. The summed E-state index contributed by atoms with van der Waals surface area (Å²) in [7, 11) is -2.78. The van der Waals surface area contributed by atoms with Crippen LogP contribution in [0.4, 0.5) is 0 Å². The van der Waals surface area contributed by atoms with E-state index in [1.54, 1.807) is 0 Å². The summed E-state index contributed by atoms with van der Waals surface area (Å²) < 4.78 is 27.5. The molecule has 0 aromatic carbocycles. The minimum atomic E-state index is -2.78. The van der Waals surface area contributed by atoms with E-state index in [-0.39, 0.29) is 11.9 Å². The summed E-state index contributed by atoms with van der Waals surface area (Å²) in [6, 6.07) is 0. The Hall–Kier alpha value is -0.130. The summed E-state index contributed by atoms with van der Waals surface area (Å²) in [6.45, 7) is 4.35. The first-order valence-corrected chi connectivity index (χ1v) is 6.49. The summed E-state index contributed by atoms with van der Waals surface area (Å²) in [5.41, 5.74) is 0. The van der Waals surface area contributed by atoms with Crippen molar-refractivity contribution in [3.63, 3.8) is 0 Å². The maximum absolute atomic E-state index is 11.0. The van der Waals surface area contributed by atoms with Gasteiger partial charge in [0.2, 0.25) is 0 Å². The van der Waals surface area contributed by atoms with E-state index in [0.717, 1.165) is 13.1 Å². The molecule has 0 bridgehead atoms. The molecule has 0 spiro atoms. The molecule has 0 amide bonds. The molecule has 1 saturated heterocycles. The van der Waals surface area contributed by atoms with Crippen LogP contribution in [0.2, 0.25) is 0 Å². The maximum Gasteiger partial charge on any atom is 0.152 e. The van der Waals surface area contributed by atoms with E-state index in [4.69, 9.17) is 4.74 Å². The van der Waals surface area contributed by atoms with Crippen molar-refractivity contribution in [3.05, 3.63) is 0 Å². The molecule has 0 radical (unpaired) electrons. The van der Waals surface area contributed by atoms with Gasteiger partial charge in [-0.1, -0.05) is 6.92 Å². The van der Waals surface area contributed by atoms with Gasteiger partial charge in [0.15, 0.2) is 9.84 Å². The molecule has 1 N–H and O–H groups in total. The Morgan fingerprint density at radius 2 is 2.31 bits per heavy atom. The van der Waals surface area contributed by atoms with Gasteiger partial charge < -0.3 is 10.1 Å². The fraction of sp³-hybridized carbons (Fsp3) is 1.00. The predicted molar refractivity (Wildman–Crippen MR) is 51.6 cm³/mol. The predicted octanol–water partition coefficient (Wildman–Crippen LogP) is -0.200. The van der Waals surface area contributed by atoms with Crippen LogP contribution < -0.4 is 5.32 Å². The van der Waals surface area contributed by atoms with Crippen molar-refractivity contribution in [2.24, 2.45) is 0 Å². The Morgan fingerprint density at radius 1 is 1.54 bits per heavy atom. The van der Waals surface area contributed by atoms with E-state index < -0.39 is 9.84 Å². The Labute approximate surface area is 79.6 Å². The van der Waals surface area contributed by atoms with Crippen molar-refractivity contribution in [2.75, 3.05) is 31.2 Å². The molecule has 1 atom stereocenters. The smallest absolute Gasteiger partial charge is 0.152 e. The molecule has 1 heterocycles. The first kappa shape index (κ1) is 10.9. The van der Waals surface area contributed by atoms with Crippen LogP contribution in [0.25, 0.3) is 0 Å². The van der Waals surface area contributed by atoms with Crippen LogP contribution >= 0.6 is 0 Å². The van der Waals surface area contributed by atoms with Crippen molar-refractivity contribution < 1.29 is 13.2 Å². The second-order valence-corrected chi connectivity index (χ2v) is 5.48. The molecule has 0 aliphatic carbocycles. The highest BCUT2D eigenvalue weighted by Crippen LogP contribution is 2.14. The van der Waals surface area contributed by atoms with Crippen LogP contribution in [0.1, 0.15) is 13.3 Å². The van der Waals surface area contributed by atoms with E-state index >= 15 is 0 Å². The van der Waals surface area contributed by atoms with Gasteiger partial charge in [-0.2, -0.15) is 0 Å². The molecule has 13 heavy (non-hydrogen) atoms. The lowest BCUT2D eigenvalue weighted by atomic mass is 10.3. The molecular weight excluding hydrogens is 190 g/mol. The summed E-state index contributed by atoms with van der Waals surface area (Å²) in [5.74, 6) is 0.498. The Morgan fingerprint density at radius 3 is 2.85 bits per heavy atom. The van der Waals surface area contributed by atoms with Gasteiger partial charge >= 0.3 is 0 Å². The molecule has 4 nitrogen and oxygen atoms in total. The van der Waals surface area contributed by atoms with Crippen LogP contribution in [0.15, 0.2) is 0 Å². The summed E-state index contributed by atoms with van der Waals surface area (Å²) in [6.07, 6.45) is 0.595. The van der Waals surface area contributed by atoms with E-state index in [1.165, 1.54) is 0 Å². The molecule has 1 aliphatic heterocycles. The highest BCUT2D eigenvalue weighted by Gasteiger charge is 2.28. The number of nitrogens with one attached hydrogen (secondary N) is 1. The summed E-state index contributed by atoms with van der Waals surface area (Å²) in [5, 5.41) is 3.12. The van der Waals surface area contributed by atoms with Gasteiger partial charge in [0, 0.05) is 6.54 Å². The highest BCUT2D eigenvalue weighted by atomic mass is 32.2.